The van der Waals surface area contributed by atoms with E-state index < -0.39 is 0 Å². The molecule has 0 unspecified atom stereocenters. The zero-order chi connectivity index (χ0) is 11.1. The number of aliphatic hydroxyl groups is 1. The number of hydrogen-bond acceptors (Lipinski definition) is 6. The molecule has 0 amide bonds. The minimum Gasteiger partial charge on any atom is -0.388 e. The van der Waals surface area contributed by atoms with E-state index in [-0.39, 0.29) is 18.0 Å². The minimum atomic E-state index is -0.291. The highest BCUT2D eigenvalue weighted by Crippen LogP contribution is 2.06. The van der Waals surface area contributed by atoms with Crippen LogP contribution in [0, 0.1) is 0 Å². The summed E-state index contributed by atoms with van der Waals surface area (Å²) in [6.45, 7) is -0.284. The number of nitrogens with zero attached hydrogens (tertiary/aromatic N) is 5. The monoisotopic (exact) mass is 218 g/mol. The average Bonchev–Trinajstić information content (AvgIpc) is 2.72. The van der Waals surface area contributed by atoms with Gasteiger partial charge in [0.15, 0.2) is 11.5 Å². The van der Waals surface area contributed by atoms with Gasteiger partial charge in [-0.1, -0.05) is 0 Å². The van der Waals surface area contributed by atoms with Gasteiger partial charge in [-0.15, -0.1) is 5.10 Å². The quantitative estimate of drug-likeness (QED) is 0.534. The number of aromatic nitrogens is 6. The predicted molar refractivity (Wildman–Crippen MR) is 52.6 cm³/mol. The summed E-state index contributed by atoms with van der Waals surface area (Å²) in [6.07, 6.45) is 2.66. The molecule has 3 aromatic heterocycles. The molecule has 0 aliphatic rings. The second-order valence-corrected chi connectivity index (χ2v) is 3.13. The fourth-order valence-electron chi connectivity index (χ4n) is 1.45. The van der Waals surface area contributed by atoms with Gasteiger partial charge in [0.2, 0.25) is 0 Å². The normalized spacial score (nSPS) is 11.3. The van der Waals surface area contributed by atoms with Gasteiger partial charge in [-0.2, -0.15) is 9.50 Å². The molecule has 16 heavy (non-hydrogen) atoms. The van der Waals surface area contributed by atoms with Gasteiger partial charge >= 0.3 is 0 Å². The molecule has 0 atom stereocenters. The fourth-order valence-corrected chi connectivity index (χ4v) is 1.45. The topological polar surface area (TPSA) is 109 Å². The van der Waals surface area contributed by atoms with Crippen LogP contribution in [-0.4, -0.2) is 34.7 Å². The van der Waals surface area contributed by atoms with Crippen molar-refractivity contribution in [1.82, 2.24) is 29.5 Å². The van der Waals surface area contributed by atoms with Crippen LogP contribution in [0.5, 0.6) is 0 Å². The van der Waals surface area contributed by atoms with E-state index in [2.05, 4.69) is 25.0 Å². The van der Waals surface area contributed by atoms with Gasteiger partial charge in [-0.05, 0) is 0 Å². The third-order valence-electron chi connectivity index (χ3n) is 2.15. The lowest BCUT2D eigenvalue weighted by Crippen LogP contribution is -2.09. The van der Waals surface area contributed by atoms with Crippen molar-refractivity contribution in [2.75, 3.05) is 0 Å². The van der Waals surface area contributed by atoms with E-state index in [1.54, 1.807) is 0 Å². The molecular weight excluding hydrogens is 212 g/mol. The van der Waals surface area contributed by atoms with Gasteiger partial charge < -0.3 is 10.1 Å². The van der Waals surface area contributed by atoms with Gasteiger partial charge in [-0.25, -0.2) is 9.97 Å². The zero-order valence-electron chi connectivity index (χ0n) is 7.95. The van der Waals surface area contributed by atoms with Crippen molar-refractivity contribution in [3.8, 4) is 0 Å². The van der Waals surface area contributed by atoms with Crippen LogP contribution in [0.1, 0.15) is 5.82 Å². The van der Waals surface area contributed by atoms with Crippen LogP contribution >= 0.6 is 0 Å². The molecule has 2 N–H and O–H groups in total. The van der Waals surface area contributed by atoms with Crippen molar-refractivity contribution in [3.63, 3.8) is 0 Å². The van der Waals surface area contributed by atoms with E-state index >= 15 is 0 Å². The molecule has 0 bridgehead atoms. The van der Waals surface area contributed by atoms with Gasteiger partial charge in [-0.3, -0.25) is 4.79 Å². The first-order chi connectivity index (χ1) is 7.79. The molecule has 0 radical (unpaired) electrons. The molecular formula is C8H6N6O2. The molecule has 80 valence electrons. The van der Waals surface area contributed by atoms with Gasteiger partial charge in [0.1, 0.15) is 12.0 Å². The Balaban J connectivity index is 2.53. The SMILES string of the molecule is O=c1[nH]cnc2c1cnc1nc(CO)nn12. The molecule has 0 saturated carbocycles. The third-order valence-corrected chi connectivity index (χ3v) is 2.15. The Morgan fingerprint density at radius 3 is 3.12 bits per heavy atom. The molecule has 0 fully saturated rings. The Morgan fingerprint density at radius 1 is 1.44 bits per heavy atom. The van der Waals surface area contributed by atoms with Gasteiger partial charge in [0, 0.05) is 6.20 Å². The van der Waals surface area contributed by atoms with Crippen molar-refractivity contribution in [3.05, 3.63) is 28.7 Å². The van der Waals surface area contributed by atoms with Gasteiger partial charge in [0.05, 0.1) is 6.33 Å². The number of hydrogen-bond donors (Lipinski definition) is 2. The third kappa shape index (κ3) is 1.10. The van der Waals surface area contributed by atoms with Crippen LogP contribution in [0.3, 0.4) is 0 Å². The Labute approximate surface area is 87.6 Å². The maximum absolute atomic E-state index is 11.5. The molecule has 3 aromatic rings. The highest BCUT2D eigenvalue weighted by atomic mass is 16.3. The number of nitrogens with one attached hydrogen (secondary N) is 1. The molecule has 0 spiro atoms. The standard InChI is InChI=1S/C8H6N6O2/c15-2-5-12-8-9-1-4-6(14(8)13-5)10-3-11-7(4)16/h1,3,15H,2H2,(H,10,11,16). The summed E-state index contributed by atoms with van der Waals surface area (Å²) in [4.78, 5) is 25.8. The van der Waals surface area contributed by atoms with Crippen molar-refractivity contribution in [2.24, 2.45) is 0 Å². The number of aromatic amines is 1. The lowest BCUT2D eigenvalue weighted by atomic mass is 10.4. The molecule has 0 saturated heterocycles. The van der Waals surface area contributed by atoms with Crippen molar-refractivity contribution in [1.29, 1.82) is 0 Å². The maximum Gasteiger partial charge on any atom is 0.261 e. The zero-order valence-corrected chi connectivity index (χ0v) is 7.95. The van der Waals surface area contributed by atoms with E-state index in [0.717, 1.165) is 0 Å². The molecule has 3 rings (SSSR count). The lowest BCUT2D eigenvalue weighted by Gasteiger charge is -1.95. The van der Waals surface area contributed by atoms with Gasteiger partial charge in [0.25, 0.3) is 11.3 Å². The number of rotatable bonds is 1. The second kappa shape index (κ2) is 3.07. The molecule has 0 aromatic carbocycles. The van der Waals surface area contributed by atoms with Crippen molar-refractivity contribution in [2.45, 2.75) is 6.61 Å². The van der Waals surface area contributed by atoms with E-state index in [1.807, 2.05) is 0 Å². The highest BCUT2D eigenvalue weighted by molar-refractivity contribution is 5.74. The molecule has 0 aliphatic heterocycles. The molecule has 0 aliphatic carbocycles. The summed E-state index contributed by atoms with van der Waals surface area (Å²) in [7, 11) is 0. The van der Waals surface area contributed by atoms with E-state index in [0.29, 0.717) is 16.8 Å². The van der Waals surface area contributed by atoms with E-state index in [1.165, 1.54) is 17.0 Å². The van der Waals surface area contributed by atoms with Crippen LogP contribution in [0.2, 0.25) is 0 Å². The summed E-state index contributed by atoms with van der Waals surface area (Å²) in [5.41, 5.74) is 0.0707. The van der Waals surface area contributed by atoms with Crippen LogP contribution in [0.4, 0.5) is 0 Å². The first kappa shape index (κ1) is 8.92. The largest absolute Gasteiger partial charge is 0.388 e. The molecule has 8 heteroatoms. The fraction of sp³-hybridized carbons (Fsp3) is 0.125. The molecule has 8 nitrogen and oxygen atoms in total. The summed E-state index contributed by atoms with van der Waals surface area (Å²) in [5, 5.41) is 13.2. The molecule has 3 heterocycles. The lowest BCUT2D eigenvalue weighted by molar-refractivity contribution is 0.271. The Hall–Kier alpha value is -2.35. The van der Waals surface area contributed by atoms with Crippen LogP contribution < -0.4 is 5.56 Å². The summed E-state index contributed by atoms with van der Waals surface area (Å²) in [6, 6.07) is 0. The predicted octanol–water partition coefficient (Wildman–Crippen LogP) is -1.15. The van der Waals surface area contributed by atoms with E-state index in [9.17, 15) is 4.79 Å². The first-order valence-electron chi connectivity index (χ1n) is 4.48. The summed E-state index contributed by atoms with van der Waals surface area (Å²) >= 11 is 0. The van der Waals surface area contributed by atoms with E-state index in [4.69, 9.17) is 5.11 Å². The first-order valence-corrected chi connectivity index (χ1v) is 4.48. The second-order valence-electron chi connectivity index (χ2n) is 3.13. The number of H-pyrrole nitrogens is 1. The Morgan fingerprint density at radius 2 is 2.31 bits per heavy atom. The van der Waals surface area contributed by atoms with Crippen LogP contribution in [-0.2, 0) is 6.61 Å². The Bertz CT molecular complexity index is 730. The highest BCUT2D eigenvalue weighted by Gasteiger charge is 2.09. The van der Waals surface area contributed by atoms with Crippen molar-refractivity contribution < 1.29 is 5.11 Å². The Kier molecular flexibility index (Phi) is 1.71. The summed E-state index contributed by atoms with van der Waals surface area (Å²) in [5.74, 6) is 0.539. The smallest absolute Gasteiger partial charge is 0.261 e. The van der Waals surface area contributed by atoms with Crippen LogP contribution in [0.25, 0.3) is 16.8 Å². The summed E-state index contributed by atoms with van der Waals surface area (Å²) < 4.78 is 1.33. The average molecular weight is 218 g/mol. The van der Waals surface area contributed by atoms with Crippen molar-refractivity contribution >= 4 is 16.8 Å². The minimum absolute atomic E-state index is 0.238. The maximum atomic E-state index is 11.5. The number of aliphatic hydroxyl groups excluding tert-OH is 1. The van der Waals surface area contributed by atoms with Crippen LogP contribution in [0.15, 0.2) is 17.3 Å². The number of fused-ring (bicyclic) bond motifs is 3.